The Bertz CT molecular complexity index is 1020. The number of nitrogens with zero attached hydrogens (tertiary/aromatic N) is 1. The fourth-order valence-corrected chi connectivity index (χ4v) is 5.49. The van der Waals surface area contributed by atoms with E-state index in [1.807, 2.05) is 0 Å². The number of fused-ring (bicyclic) bond motifs is 2. The number of urea groups is 1. The summed E-state index contributed by atoms with van der Waals surface area (Å²) in [5.74, 6) is -0.391. The van der Waals surface area contributed by atoms with E-state index in [9.17, 15) is 17.6 Å². The van der Waals surface area contributed by atoms with Crippen LogP contribution >= 0.6 is 0 Å². The molecule has 3 unspecified atom stereocenters. The van der Waals surface area contributed by atoms with E-state index in [0.717, 1.165) is 6.42 Å². The van der Waals surface area contributed by atoms with Crippen LogP contribution in [0, 0.1) is 11.7 Å². The van der Waals surface area contributed by atoms with Gasteiger partial charge >= 0.3 is 6.03 Å². The van der Waals surface area contributed by atoms with Gasteiger partial charge in [0.15, 0.2) is 11.6 Å². The average molecular weight is 419 g/mol. The van der Waals surface area contributed by atoms with Crippen LogP contribution < -0.4 is 14.8 Å². The number of benzene rings is 2. The molecule has 4 rings (SSSR count). The lowest BCUT2D eigenvalue weighted by Gasteiger charge is -2.31. The first-order chi connectivity index (χ1) is 13.9. The van der Waals surface area contributed by atoms with Gasteiger partial charge in [0.25, 0.3) is 0 Å². The molecule has 2 fully saturated rings. The van der Waals surface area contributed by atoms with Gasteiger partial charge in [-0.25, -0.2) is 22.3 Å². The lowest BCUT2D eigenvalue weighted by Crippen LogP contribution is -2.48. The molecule has 2 aliphatic rings. The van der Waals surface area contributed by atoms with Crippen molar-refractivity contribution in [3.63, 3.8) is 0 Å². The number of piperidine rings is 1. The molecular weight excluding hydrogens is 397 g/mol. The topological polar surface area (TPSA) is 87.7 Å². The van der Waals surface area contributed by atoms with Crippen molar-refractivity contribution < 1.29 is 22.3 Å². The van der Waals surface area contributed by atoms with Gasteiger partial charge in [0.05, 0.1) is 12.0 Å². The molecule has 7 nitrogen and oxygen atoms in total. The van der Waals surface area contributed by atoms with Crippen LogP contribution in [0.25, 0.3) is 0 Å². The summed E-state index contributed by atoms with van der Waals surface area (Å²) < 4.78 is 46.6. The standard InChI is InChI=1S/C20H22FN3O4S/c1-28-19-8-7-14(10-17(19)21)22-20(25)24-12-13-9-15(24)11-18(13)23-29(26,27)16-5-3-2-4-6-16/h2-8,10,13,15,18,23H,9,11-12H2,1H3,(H,22,25). The number of sulfonamides is 1. The van der Waals surface area contributed by atoms with Crippen LogP contribution in [0.1, 0.15) is 12.8 Å². The van der Waals surface area contributed by atoms with Crippen LogP contribution in [0.3, 0.4) is 0 Å². The van der Waals surface area contributed by atoms with Gasteiger partial charge in [-0.05, 0) is 43.0 Å². The van der Waals surface area contributed by atoms with Crippen LogP contribution in [0.4, 0.5) is 14.9 Å². The molecule has 2 N–H and O–H groups in total. The maximum absolute atomic E-state index is 13.8. The predicted molar refractivity (Wildman–Crippen MR) is 106 cm³/mol. The van der Waals surface area contributed by atoms with Crippen molar-refractivity contribution in [3.8, 4) is 5.75 Å². The Kier molecular flexibility index (Phi) is 5.18. The SMILES string of the molecule is COc1ccc(NC(=O)N2CC3CC2CC3NS(=O)(=O)c2ccccc2)cc1F. The minimum Gasteiger partial charge on any atom is -0.494 e. The number of halogens is 1. The highest BCUT2D eigenvalue weighted by atomic mass is 32.2. The number of hydrogen-bond acceptors (Lipinski definition) is 4. The average Bonchev–Trinajstić information content (AvgIpc) is 3.29. The smallest absolute Gasteiger partial charge is 0.322 e. The van der Waals surface area contributed by atoms with Crippen molar-refractivity contribution in [1.29, 1.82) is 0 Å². The highest BCUT2D eigenvalue weighted by molar-refractivity contribution is 7.89. The molecule has 1 saturated carbocycles. The molecule has 0 radical (unpaired) electrons. The molecule has 29 heavy (non-hydrogen) atoms. The van der Waals surface area contributed by atoms with Crippen LogP contribution in [0.5, 0.6) is 5.75 Å². The molecule has 154 valence electrons. The molecule has 1 aliphatic carbocycles. The minimum absolute atomic E-state index is 0.0495. The fourth-order valence-electron chi connectivity index (χ4n) is 4.15. The summed E-state index contributed by atoms with van der Waals surface area (Å²) >= 11 is 0. The first-order valence-electron chi connectivity index (χ1n) is 9.36. The van der Waals surface area contributed by atoms with Gasteiger partial charge in [-0.2, -0.15) is 0 Å². The van der Waals surface area contributed by atoms with Crippen LogP contribution in [-0.2, 0) is 10.0 Å². The lowest BCUT2D eigenvalue weighted by molar-refractivity contribution is 0.188. The van der Waals surface area contributed by atoms with Crippen LogP contribution in [-0.4, -0.2) is 45.1 Å². The second kappa shape index (κ2) is 7.64. The Labute approximate surface area is 168 Å². The van der Waals surface area contributed by atoms with Crippen molar-refractivity contribution in [2.75, 3.05) is 19.0 Å². The summed E-state index contributed by atoms with van der Waals surface area (Å²) in [4.78, 5) is 14.5. The Morgan fingerprint density at radius 3 is 2.55 bits per heavy atom. The van der Waals surface area contributed by atoms with Crippen molar-refractivity contribution in [2.24, 2.45) is 5.92 Å². The second-order valence-corrected chi connectivity index (χ2v) is 9.07. The molecule has 2 bridgehead atoms. The second-order valence-electron chi connectivity index (χ2n) is 7.36. The van der Waals surface area contributed by atoms with Gasteiger partial charge in [0.1, 0.15) is 0 Å². The number of carbonyl (C=O) groups is 1. The van der Waals surface area contributed by atoms with Gasteiger partial charge < -0.3 is 15.0 Å². The summed E-state index contributed by atoms with van der Waals surface area (Å²) in [7, 11) is -2.21. The molecule has 3 atom stereocenters. The summed E-state index contributed by atoms with van der Waals surface area (Å²) in [6, 6.07) is 11.9. The van der Waals surface area contributed by atoms with E-state index in [-0.39, 0.29) is 34.7 Å². The van der Waals surface area contributed by atoms with Gasteiger partial charge in [-0.3, -0.25) is 0 Å². The summed E-state index contributed by atoms with van der Waals surface area (Å²) in [5.41, 5.74) is 0.345. The van der Waals surface area contributed by atoms with E-state index in [0.29, 0.717) is 18.7 Å². The van der Waals surface area contributed by atoms with Gasteiger partial charge in [0.2, 0.25) is 10.0 Å². The zero-order valence-electron chi connectivity index (χ0n) is 15.8. The fraction of sp³-hybridized carbons (Fsp3) is 0.350. The van der Waals surface area contributed by atoms with Gasteiger partial charge in [-0.1, -0.05) is 18.2 Å². The third-order valence-electron chi connectivity index (χ3n) is 5.57. The molecule has 0 aromatic heterocycles. The normalized spacial score (nSPS) is 23.2. The number of hydrogen-bond donors (Lipinski definition) is 2. The number of likely N-dealkylation sites (tertiary alicyclic amines) is 1. The van der Waals surface area contributed by atoms with Crippen molar-refractivity contribution in [2.45, 2.75) is 29.8 Å². The van der Waals surface area contributed by atoms with E-state index in [1.54, 1.807) is 41.3 Å². The third-order valence-corrected chi connectivity index (χ3v) is 7.07. The summed E-state index contributed by atoms with van der Waals surface area (Å²) in [6.45, 7) is 0.455. The number of nitrogens with one attached hydrogen (secondary N) is 2. The van der Waals surface area contributed by atoms with E-state index in [2.05, 4.69) is 10.0 Å². The number of carbonyl (C=O) groups excluding carboxylic acids is 1. The molecule has 1 saturated heterocycles. The summed E-state index contributed by atoms with van der Waals surface area (Å²) in [6.07, 6.45) is 1.30. The molecular formula is C20H22FN3O4S. The lowest BCUT2D eigenvalue weighted by atomic mass is 10.0. The number of amides is 2. The van der Waals surface area contributed by atoms with Gasteiger partial charge in [0, 0.05) is 30.4 Å². The van der Waals surface area contributed by atoms with Crippen LogP contribution in [0.15, 0.2) is 53.4 Å². The van der Waals surface area contributed by atoms with E-state index >= 15 is 0 Å². The molecule has 1 heterocycles. The molecule has 9 heteroatoms. The number of anilines is 1. The third kappa shape index (κ3) is 3.92. The van der Waals surface area contributed by atoms with E-state index in [4.69, 9.17) is 4.74 Å². The van der Waals surface area contributed by atoms with Crippen molar-refractivity contribution in [3.05, 3.63) is 54.3 Å². The molecule has 2 amide bonds. The zero-order valence-corrected chi connectivity index (χ0v) is 16.7. The highest BCUT2D eigenvalue weighted by Crippen LogP contribution is 2.38. The Morgan fingerprint density at radius 1 is 1.17 bits per heavy atom. The maximum Gasteiger partial charge on any atom is 0.322 e. The van der Waals surface area contributed by atoms with E-state index in [1.165, 1.54) is 19.2 Å². The molecule has 2 aromatic rings. The van der Waals surface area contributed by atoms with Crippen LogP contribution in [0.2, 0.25) is 0 Å². The van der Waals surface area contributed by atoms with Crippen molar-refractivity contribution in [1.82, 2.24) is 9.62 Å². The zero-order chi connectivity index (χ0) is 20.6. The van der Waals surface area contributed by atoms with E-state index < -0.39 is 15.8 Å². The largest absolute Gasteiger partial charge is 0.494 e. The number of methoxy groups -OCH3 is 1. The maximum atomic E-state index is 13.8. The first kappa shape index (κ1) is 19.7. The summed E-state index contributed by atoms with van der Waals surface area (Å²) in [5, 5.41) is 2.70. The number of rotatable bonds is 5. The van der Waals surface area contributed by atoms with Gasteiger partial charge in [-0.15, -0.1) is 0 Å². The first-order valence-corrected chi connectivity index (χ1v) is 10.8. The monoisotopic (exact) mass is 419 g/mol. The Balaban J connectivity index is 1.38. The minimum atomic E-state index is -3.59. The predicted octanol–water partition coefficient (Wildman–Crippen LogP) is 2.81. The highest BCUT2D eigenvalue weighted by Gasteiger charge is 2.47. The molecule has 1 aliphatic heterocycles. The quantitative estimate of drug-likeness (QED) is 0.780. The molecule has 2 aromatic carbocycles. The Hall–Kier alpha value is -2.65. The van der Waals surface area contributed by atoms with Crippen molar-refractivity contribution >= 4 is 21.7 Å². The Morgan fingerprint density at radius 2 is 1.93 bits per heavy atom. The number of ether oxygens (including phenoxy) is 1. The molecule has 0 spiro atoms.